The van der Waals surface area contributed by atoms with Crippen LogP contribution in [0.4, 0.5) is 0 Å². The molecule has 0 amide bonds. The summed E-state index contributed by atoms with van der Waals surface area (Å²) in [5, 5.41) is 11.9. The number of carbonyl (C=O) groups is 2. The van der Waals surface area contributed by atoms with Gasteiger partial charge >= 0.3 is 5.97 Å². The van der Waals surface area contributed by atoms with Crippen molar-refractivity contribution in [3.05, 3.63) is 124 Å². The highest BCUT2D eigenvalue weighted by Crippen LogP contribution is 2.46. The molecule has 1 aromatic heterocycles. The summed E-state index contributed by atoms with van der Waals surface area (Å²) >= 11 is 1.11. The van der Waals surface area contributed by atoms with Crippen molar-refractivity contribution in [3.63, 3.8) is 0 Å². The minimum Gasteiger partial charge on any atom is -0.496 e. The van der Waals surface area contributed by atoms with Crippen molar-refractivity contribution in [1.82, 2.24) is 8.75 Å². The van der Waals surface area contributed by atoms with Gasteiger partial charge in [-0.25, -0.2) is 4.79 Å². The number of rotatable bonds is 7. The number of methoxy groups -OCH3 is 2. The Balaban J connectivity index is 0.000000314. The smallest absolute Gasteiger partial charge is 0.342 e. The first-order valence-electron chi connectivity index (χ1n) is 13.5. The van der Waals surface area contributed by atoms with Crippen molar-refractivity contribution in [1.29, 1.82) is 0 Å². The molecule has 0 radical (unpaired) electrons. The second kappa shape index (κ2) is 12.6. The lowest BCUT2D eigenvalue weighted by Crippen LogP contribution is -2.30. The summed E-state index contributed by atoms with van der Waals surface area (Å²) in [4.78, 5) is 23.5. The third-order valence-corrected chi connectivity index (χ3v) is 7.98. The van der Waals surface area contributed by atoms with E-state index in [0.29, 0.717) is 44.9 Å². The van der Waals surface area contributed by atoms with Crippen LogP contribution < -0.4 is 9.47 Å². The summed E-state index contributed by atoms with van der Waals surface area (Å²) in [5.74, 6) is -1.19. The maximum absolute atomic E-state index is 13.2. The highest BCUT2D eigenvalue weighted by atomic mass is 32.1. The molecular formula is C34H30N2O6S. The van der Waals surface area contributed by atoms with Gasteiger partial charge in [0.2, 0.25) is 0 Å². The predicted octanol–water partition coefficient (Wildman–Crippen LogP) is 6.22. The Kier molecular flexibility index (Phi) is 8.66. The highest BCUT2D eigenvalue weighted by molar-refractivity contribution is 7.00. The largest absolute Gasteiger partial charge is 0.496 e. The summed E-state index contributed by atoms with van der Waals surface area (Å²) in [6.45, 7) is 3.96. The number of esters is 1. The number of carbonyl (C=O) groups excluding carboxylic acids is 2. The van der Waals surface area contributed by atoms with E-state index in [4.69, 9.17) is 14.2 Å². The highest BCUT2D eigenvalue weighted by Gasteiger charge is 2.48. The fourth-order valence-electron chi connectivity index (χ4n) is 4.97. The molecule has 5 aromatic rings. The van der Waals surface area contributed by atoms with Gasteiger partial charge < -0.3 is 19.3 Å². The zero-order valence-electron chi connectivity index (χ0n) is 24.2. The van der Waals surface area contributed by atoms with Crippen molar-refractivity contribution in [3.8, 4) is 11.5 Å². The molecule has 8 nitrogen and oxygen atoms in total. The van der Waals surface area contributed by atoms with E-state index in [1.54, 1.807) is 38.5 Å². The van der Waals surface area contributed by atoms with Crippen LogP contribution in [-0.2, 0) is 21.7 Å². The standard InChI is InChI=1S/C26H22N2O4S.C8H8O2/c1-15-8-10-19(12-16(15)2)26(30)20(13-17-6-4-5-7-23(17)31-3)24(25(29)32-26)18-9-11-21-22(14-18)28-33-27-21;1-10-8-5-3-2-4-7(8)6-9/h4-12,14,30H,13H2,1-3H3;2-6H,1H3. The Morgan fingerprint density at radius 2 is 1.56 bits per heavy atom. The van der Waals surface area contributed by atoms with Crippen molar-refractivity contribution in [2.24, 2.45) is 0 Å². The molecule has 0 fully saturated rings. The Morgan fingerprint density at radius 1 is 0.860 bits per heavy atom. The average Bonchev–Trinajstić information content (AvgIpc) is 3.60. The van der Waals surface area contributed by atoms with Crippen LogP contribution in [0.25, 0.3) is 16.6 Å². The van der Waals surface area contributed by atoms with Crippen LogP contribution >= 0.6 is 11.7 Å². The molecule has 218 valence electrons. The Labute approximate surface area is 253 Å². The van der Waals surface area contributed by atoms with Crippen LogP contribution in [0.1, 0.15) is 38.2 Å². The van der Waals surface area contributed by atoms with Gasteiger partial charge in [0, 0.05) is 17.6 Å². The molecule has 1 unspecified atom stereocenters. The average molecular weight is 595 g/mol. The number of aromatic nitrogens is 2. The van der Waals surface area contributed by atoms with Gasteiger partial charge in [-0.1, -0.05) is 48.5 Å². The van der Waals surface area contributed by atoms with Crippen molar-refractivity contribution in [2.45, 2.75) is 26.1 Å². The van der Waals surface area contributed by atoms with E-state index in [2.05, 4.69) is 8.75 Å². The summed E-state index contributed by atoms with van der Waals surface area (Å²) in [6.07, 6.45) is 1.04. The van der Waals surface area contributed by atoms with E-state index in [9.17, 15) is 14.7 Å². The molecule has 0 aliphatic carbocycles. The number of fused-ring (bicyclic) bond motifs is 1. The van der Waals surface area contributed by atoms with Gasteiger partial charge in [-0.15, -0.1) is 0 Å². The predicted molar refractivity (Wildman–Crippen MR) is 165 cm³/mol. The van der Waals surface area contributed by atoms with Crippen LogP contribution in [0, 0.1) is 13.8 Å². The maximum atomic E-state index is 13.2. The number of benzene rings is 4. The summed E-state index contributed by atoms with van der Waals surface area (Å²) < 4.78 is 24.7. The van der Waals surface area contributed by atoms with Crippen molar-refractivity contribution < 1.29 is 28.9 Å². The minimum absolute atomic E-state index is 0.266. The van der Waals surface area contributed by atoms with Crippen molar-refractivity contribution >= 4 is 40.6 Å². The number of cyclic esters (lactones) is 1. The Bertz CT molecular complexity index is 1850. The summed E-state index contributed by atoms with van der Waals surface area (Å²) in [7, 11) is 3.14. The van der Waals surface area contributed by atoms with E-state index in [-0.39, 0.29) is 6.42 Å². The molecule has 4 aromatic carbocycles. The van der Waals surface area contributed by atoms with Gasteiger partial charge in [0.1, 0.15) is 22.5 Å². The molecule has 0 spiro atoms. The summed E-state index contributed by atoms with van der Waals surface area (Å²) in [5.41, 5.74) is 6.89. The third-order valence-electron chi connectivity index (χ3n) is 7.42. The number of hydrogen-bond acceptors (Lipinski definition) is 9. The SMILES string of the molecule is COc1ccccc1C=O.COc1ccccc1CC1=C(c2ccc3nsnc3c2)C(=O)OC1(O)c1ccc(C)c(C)c1. The lowest BCUT2D eigenvalue weighted by molar-refractivity contribution is -0.185. The van der Waals surface area contributed by atoms with Crippen molar-refractivity contribution in [2.75, 3.05) is 14.2 Å². The molecule has 1 N–H and O–H groups in total. The van der Waals surface area contributed by atoms with E-state index >= 15 is 0 Å². The fourth-order valence-corrected chi connectivity index (χ4v) is 5.48. The lowest BCUT2D eigenvalue weighted by atomic mass is 9.87. The molecule has 1 aliphatic heterocycles. The molecule has 1 atom stereocenters. The quantitative estimate of drug-likeness (QED) is 0.175. The zero-order valence-corrected chi connectivity index (χ0v) is 25.0. The van der Waals surface area contributed by atoms with E-state index in [0.717, 1.165) is 40.2 Å². The molecule has 0 saturated carbocycles. The number of aldehydes is 1. The Hall–Kier alpha value is -4.86. The van der Waals surface area contributed by atoms with E-state index in [1.807, 2.05) is 74.5 Å². The third kappa shape index (κ3) is 5.90. The number of nitrogens with zero attached hydrogens (tertiary/aromatic N) is 2. The fraction of sp³-hybridized carbons (Fsp3) is 0.176. The number of aryl methyl sites for hydroxylation is 2. The van der Waals surface area contributed by atoms with Gasteiger partial charge in [-0.3, -0.25) is 4.79 Å². The minimum atomic E-state index is -1.90. The second-order valence-electron chi connectivity index (χ2n) is 10.0. The van der Waals surface area contributed by atoms with Gasteiger partial charge in [0.25, 0.3) is 5.79 Å². The van der Waals surface area contributed by atoms with E-state index < -0.39 is 11.8 Å². The molecule has 2 heterocycles. The first-order chi connectivity index (χ1) is 20.8. The van der Waals surface area contributed by atoms with Gasteiger partial charge in [-0.2, -0.15) is 8.75 Å². The van der Waals surface area contributed by atoms with E-state index in [1.165, 1.54) is 0 Å². The monoisotopic (exact) mass is 594 g/mol. The molecule has 0 saturated heterocycles. The van der Waals surface area contributed by atoms with Crippen LogP contribution in [-0.4, -0.2) is 40.3 Å². The Morgan fingerprint density at radius 3 is 2.26 bits per heavy atom. The topological polar surface area (TPSA) is 108 Å². The molecular weight excluding hydrogens is 564 g/mol. The number of hydrogen-bond donors (Lipinski definition) is 1. The number of ether oxygens (including phenoxy) is 3. The number of aliphatic hydroxyl groups is 1. The van der Waals surface area contributed by atoms with Crippen LogP contribution in [0.15, 0.2) is 90.5 Å². The van der Waals surface area contributed by atoms with Crippen LogP contribution in [0.3, 0.4) is 0 Å². The molecule has 0 bridgehead atoms. The lowest BCUT2D eigenvalue weighted by Gasteiger charge is -2.26. The first kappa shape index (κ1) is 29.6. The van der Waals surface area contributed by atoms with Crippen LogP contribution in [0.2, 0.25) is 0 Å². The van der Waals surface area contributed by atoms with Crippen LogP contribution in [0.5, 0.6) is 11.5 Å². The zero-order chi connectivity index (χ0) is 30.6. The number of para-hydroxylation sites is 2. The normalized spacial score (nSPS) is 16.0. The molecule has 6 rings (SSSR count). The maximum Gasteiger partial charge on any atom is 0.342 e. The van der Waals surface area contributed by atoms with Gasteiger partial charge in [0.05, 0.1) is 37.1 Å². The first-order valence-corrected chi connectivity index (χ1v) is 14.2. The molecule has 1 aliphatic rings. The molecule has 43 heavy (non-hydrogen) atoms. The summed E-state index contributed by atoms with van der Waals surface area (Å²) in [6, 6.07) is 25.7. The molecule has 9 heteroatoms. The van der Waals surface area contributed by atoms with Gasteiger partial charge in [0.15, 0.2) is 6.29 Å². The van der Waals surface area contributed by atoms with Gasteiger partial charge in [-0.05, 0) is 72.5 Å². The second-order valence-corrected chi connectivity index (χ2v) is 10.5.